The van der Waals surface area contributed by atoms with Crippen molar-refractivity contribution in [2.45, 2.75) is 31.6 Å². The Balaban J connectivity index is 1.52. The minimum atomic E-state index is -2.95. The predicted octanol–water partition coefficient (Wildman–Crippen LogP) is 4.18. The third-order valence-corrected chi connectivity index (χ3v) is 8.84. The van der Waals surface area contributed by atoms with E-state index in [2.05, 4.69) is 9.88 Å². The Bertz CT molecular complexity index is 1330. The summed E-state index contributed by atoms with van der Waals surface area (Å²) in [4.78, 5) is 18.3. The summed E-state index contributed by atoms with van der Waals surface area (Å²) in [6, 6.07) is 9.75. The number of hydrogen-bond donors (Lipinski definition) is 1. The number of benzene rings is 1. The highest BCUT2D eigenvalue weighted by atomic mass is 35.5. The fourth-order valence-corrected chi connectivity index (χ4v) is 6.49. The Labute approximate surface area is 209 Å². The van der Waals surface area contributed by atoms with Gasteiger partial charge in [0.05, 0.1) is 40.0 Å². The molecule has 0 spiro atoms. The molecule has 1 saturated heterocycles. The molecule has 3 aromatic rings. The van der Waals surface area contributed by atoms with Crippen molar-refractivity contribution in [3.8, 4) is 16.8 Å². The van der Waals surface area contributed by atoms with Gasteiger partial charge in [-0.3, -0.25) is 9.78 Å². The smallest absolute Gasteiger partial charge is 0.307 e. The van der Waals surface area contributed by atoms with Crippen LogP contribution in [0.1, 0.15) is 37.3 Å². The van der Waals surface area contributed by atoms with E-state index in [1.165, 1.54) is 0 Å². The standard InChI is InChI=1S/C25H27ClN4O4S/c26-18-13-20(15-27-14-18)30-16-23(24(28-30)21-3-1-2-4-22(21)25(31)32)17-5-7-19(8-6-17)29-9-11-35(33,34)12-10-29/h5-8,13-16,21-22H,1-4,9-12H2,(H,31,32). The number of rotatable bonds is 5. The molecule has 8 nitrogen and oxygen atoms in total. The number of anilines is 1. The van der Waals surface area contributed by atoms with E-state index in [4.69, 9.17) is 16.7 Å². The Morgan fingerprint density at radius 2 is 1.74 bits per heavy atom. The number of aromatic nitrogens is 3. The first-order valence-electron chi connectivity index (χ1n) is 11.8. The number of carboxylic acids is 1. The highest BCUT2D eigenvalue weighted by Crippen LogP contribution is 2.42. The fourth-order valence-electron chi connectivity index (χ4n) is 5.12. The SMILES string of the molecule is O=C(O)C1CCCCC1c1nn(-c2cncc(Cl)c2)cc1-c1ccc(N2CCS(=O)(=O)CC2)cc1. The van der Waals surface area contributed by atoms with Crippen molar-refractivity contribution in [2.75, 3.05) is 29.5 Å². The number of carboxylic acid groups (broad SMARTS) is 1. The lowest BCUT2D eigenvalue weighted by Crippen LogP contribution is -2.40. The molecule has 1 saturated carbocycles. The molecule has 2 aliphatic rings. The van der Waals surface area contributed by atoms with E-state index < -0.39 is 21.7 Å². The predicted molar refractivity (Wildman–Crippen MR) is 135 cm³/mol. The third kappa shape index (κ3) is 5.06. The number of halogens is 1. The highest BCUT2D eigenvalue weighted by Gasteiger charge is 2.35. The van der Waals surface area contributed by atoms with Gasteiger partial charge in [0.2, 0.25) is 0 Å². The van der Waals surface area contributed by atoms with E-state index >= 15 is 0 Å². The Morgan fingerprint density at radius 1 is 1.03 bits per heavy atom. The normalized spacial score (nSPS) is 22.1. The summed E-state index contributed by atoms with van der Waals surface area (Å²) in [5.74, 6) is -1.11. The Hall–Kier alpha value is -2.91. The van der Waals surface area contributed by atoms with Crippen molar-refractivity contribution in [3.63, 3.8) is 0 Å². The van der Waals surface area contributed by atoms with Crippen LogP contribution in [0.2, 0.25) is 5.02 Å². The van der Waals surface area contributed by atoms with Gasteiger partial charge in [-0.2, -0.15) is 5.10 Å². The van der Waals surface area contributed by atoms with E-state index in [0.717, 1.165) is 41.8 Å². The molecule has 1 aliphatic heterocycles. The average molecular weight is 515 g/mol. The zero-order chi connectivity index (χ0) is 24.6. The number of carbonyl (C=O) groups is 1. The Kier molecular flexibility index (Phi) is 6.55. The summed E-state index contributed by atoms with van der Waals surface area (Å²) >= 11 is 6.16. The molecule has 10 heteroatoms. The van der Waals surface area contributed by atoms with Gasteiger partial charge < -0.3 is 10.0 Å². The maximum Gasteiger partial charge on any atom is 0.307 e. The fraction of sp³-hybridized carbons (Fsp3) is 0.400. The van der Waals surface area contributed by atoms with Crippen molar-refractivity contribution >= 4 is 33.1 Å². The molecule has 1 aromatic carbocycles. The summed E-state index contributed by atoms with van der Waals surface area (Å²) in [5, 5.41) is 15.3. The molecule has 2 unspecified atom stereocenters. The topological polar surface area (TPSA) is 105 Å². The largest absolute Gasteiger partial charge is 0.481 e. The van der Waals surface area contributed by atoms with Gasteiger partial charge in [-0.05, 0) is 36.6 Å². The molecule has 1 N–H and O–H groups in total. The molecule has 0 amide bonds. The molecular weight excluding hydrogens is 488 g/mol. The van der Waals surface area contributed by atoms with Crippen LogP contribution in [0.5, 0.6) is 0 Å². The molecule has 35 heavy (non-hydrogen) atoms. The van der Waals surface area contributed by atoms with E-state index in [0.29, 0.717) is 30.2 Å². The van der Waals surface area contributed by atoms with Gasteiger partial charge in [-0.25, -0.2) is 13.1 Å². The quantitative estimate of drug-likeness (QED) is 0.544. The lowest BCUT2D eigenvalue weighted by molar-refractivity contribution is -0.143. The minimum Gasteiger partial charge on any atom is -0.481 e. The van der Waals surface area contributed by atoms with Crippen LogP contribution in [0.15, 0.2) is 48.9 Å². The van der Waals surface area contributed by atoms with Crippen LogP contribution in [0.4, 0.5) is 5.69 Å². The second-order valence-corrected chi connectivity index (χ2v) is 12.0. The van der Waals surface area contributed by atoms with Gasteiger partial charge in [-0.1, -0.05) is 36.6 Å². The molecule has 2 fully saturated rings. The second kappa shape index (κ2) is 9.62. The van der Waals surface area contributed by atoms with Crippen LogP contribution in [-0.4, -0.2) is 58.9 Å². The van der Waals surface area contributed by atoms with Gasteiger partial charge in [0.1, 0.15) is 0 Å². The van der Waals surface area contributed by atoms with Crippen molar-refractivity contribution in [2.24, 2.45) is 5.92 Å². The number of nitrogens with zero attached hydrogens (tertiary/aromatic N) is 4. The van der Waals surface area contributed by atoms with Gasteiger partial charge >= 0.3 is 5.97 Å². The minimum absolute atomic E-state index is 0.164. The van der Waals surface area contributed by atoms with Gasteiger partial charge in [0.15, 0.2) is 9.84 Å². The molecule has 0 radical (unpaired) electrons. The van der Waals surface area contributed by atoms with E-state index in [1.807, 2.05) is 30.5 Å². The van der Waals surface area contributed by atoms with Crippen LogP contribution in [0.3, 0.4) is 0 Å². The van der Waals surface area contributed by atoms with Gasteiger partial charge in [0, 0.05) is 42.7 Å². The van der Waals surface area contributed by atoms with Crippen LogP contribution >= 0.6 is 11.6 Å². The third-order valence-electron chi connectivity index (χ3n) is 7.02. The number of pyridine rings is 1. The molecular formula is C25H27ClN4O4S. The van der Waals surface area contributed by atoms with E-state index in [-0.39, 0.29) is 17.4 Å². The van der Waals surface area contributed by atoms with Crippen LogP contribution < -0.4 is 4.90 Å². The number of hydrogen-bond acceptors (Lipinski definition) is 6. The van der Waals surface area contributed by atoms with Crippen LogP contribution in [0, 0.1) is 5.92 Å². The van der Waals surface area contributed by atoms with Gasteiger partial charge in [0.25, 0.3) is 0 Å². The first kappa shape index (κ1) is 23.8. The zero-order valence-electron chi connectivity index (χ0n) is 19.2. The molecule has 0 bridgehead atoms. The molecule has 1 aliphatic carbocycles. The summed E-state index contributed by atoms with van der Waals surface area (Å²) < 4.78 is 25.3. The van der Waals surface area contributed by atoms with Crippen molar-refractivity contribution in [1.29, 1.82) is 0 Å². The monoisotopic (exact) mass is 514 g/mol. The average Bonchev–Trinajstić information content (AvgIpc) is 3.30. The molecule has 3 heterocycles. The lowest BCUT2D eigenvalue weighted by Gasteiger charge is -2.29. The van der Waals surface area contributed by atoms with Crippen LogP contribution in [-0.2, 0) is 14.6 Å². The maximum atomic E-state index is 12.1. The first-order valence-corrected chi connectivity index (χ1v) is 14.0. The highest BCUT2D eigenvalue weighted by molar-refractivity contribution is 7.91. The van der Waals surface area contributed by atoms with Crippen molar-refractivity contribution in [3.05, 3.63) is 59.6 Å². The van der Waals surface area contributed by atoms with E-state index in [9.17, 15) is 18.3 Å². The summed E-state index contributed by atoms with van der Waals surface area (Å²) in [6.45, 7) is 0.962. The zero-order valence-corrected chi connectivity index (χ0v) is 20.7. The summed E-state index contributed by atoms with van der Waals surface area (Å²) in [7, 11) is -2.95. The van der Waals surface area contributed by atoms with Crippen molar-refractivity contribution in [1.82, 2.24) is 14.8 Å². The maximum absolute atomic E-state index is 12.1. The van der Waals surface area contributed by atoms with E-state index in [1.54, 1.807) is 23.1 Å². The number of aliphatic carboxylic acids is 1. The molecule has 2 atom stereocenters. The number of sulfone groups is 1. The van der Waals surface area contributed by atoms with Gasteiger partial charge in [-0.15, -0.1) is 0 Å². The first-order chi connectivity index (χ1) is 16.8. The van der Waals surface area contributed by atoms with Crippen molar-refractivity contribution < 1.29 is 18.3 Å². The summed E-state index contributed by atoms with van der Waals surface area (Å²) in [6.07, 6.45) is 8.44. The molecule has 2 aromatic heterocycles. The lowest BCUT2D eigenvalue weighted by atomic mass is 9.76. The summed E-state index contributed by atoms with van der Waals surface area (Å²) in [5.41, 5.74) is 4.27. The second-order valence-electron chi connectivity index (χ2n) is 9.26. The Morgan fingerprint density at radius 3 is 2.43 bits per heavy atom. The van der Waals surface area contributed by atoms with Crippen LogP contribution in [0.25, 0.3) is 16.8 Å². The molecule has 184 valence electrons. The molecule has 5 rings (SSSR count).